The van der Waals surface area contributed by atoms with E-state index in [-0.39, 0.29) is 0 Å². The number of pyridine rings is 1. The van der Waals surface area contributed by atoms with Crippen LogP contribution in [0.2, 0.25) is 0 Å². The van der Waals surface area contributed by atoms with Crippen molar-refractivity contribution in [2.45, 2.75) is 39.7 Å². The fraction of sp³-hybridized carbons (Fsp3) is 0.304. The van der Waals surface area contributed by atoms with Gasteiger partial charge in [0.1, 0.15) is 0 Å². The minimum atomic E-state index is 0.363. The van der Waals surface area contributed by atoms with Crippen molar-refractivity contribution in [2.75, 3.05) is 22.5 Å². The van der Waals surface area contributed by atoms with Crippen molar-refractivity contribution in [3.63, 3.8) is 0 Å². The van der Waals surface area contributed by atoms with Gasteiger partial charge in [0.2, 0.25) is 12.4 Å². The van der Waals surface area contributed by atoms with Crippen molar-refractivity contribution in [2.24, 2.45) is 0 Å². The predicted molar refractivity (Wildman–Crippen MR) is 120 cm³/mol. The van der Waals surface area contributed by atoms with Crippen LogP contribution in [-0.2, 0) is 17.8 Å². The molecule has 3 heterocycles. The van der Waals surface area contributed by atoms with Gasteiger partial charge in [-0.2, -0.15) is 0 Å². The second-order valence-corrected chi connectivity index (χ2v) is 7.57. The summed E-state index contributed by atoms with van der Waals surface area (Å²) in [5, 5.41) is 2.59. The Bertz CT molecular complexity index is 987. The van der Waals surface area contributed by atoms with Crippen LogP contribution in [0.5, 0.6) is 0 Å². The van der Waals surface area contributed by atoms with Gasteiger partial charge in [-0.1, -0.05) is 26.0 Å². The van der Waals surface area contributed by atoms with E-state index in [9.17, 15) is 4.79 Å². The summed E-state index contributed by atoms with van der Waals surface area (Å²) in [6.07, 6.45) is 5.27. The fourth-order valence-corrected chi connectivity index (χ4v) is 3.31. The van der Waals surface area contributed by atoms with E-state index in [1.54, 1.807) is 0 Å². The van der Waals surface area contributed by atoms with Crippen LogP contribution in [0.3, 0.4) is 0 Å². The van der Waals surface area contributed by atoms with Crippen molar-refractivity contribution in [3.05, 3.63) is 71.3 Å². The Morgan fingerprint density at radius 1 is 1.17 bits per heavy atom. The Hall–Kier alpha value is -3.48. The summed E-state index contributed by atoms with van der Waals surface area (Å²) in [6.45, 7) is 8.07. The average Bonchev–Trinajstić information content (AvgIpc) is 2.74. The van der Waals surface area contributed by atoms with E-state index in [0.29, 0.717) is 18.3 Å². The minimum absolute atomic E-state index is 0.363. The van der Waals surface area contributed by atoms with Crippen LogP contribution in [0, 0.1) is 6.92 Å². The third-order valence-corrected chi connectivity index (χ3v) is 5.00. The van der Waals surface area contributed by atoms with Crippen molar-refractivity contribution in [1.82, 2.24) is 15.0 Å². The predicted octanol–water partition coefficient (Wildman–Crippen LogP) is 3.70. The number of nitrogen functional groups attached to an aromatic ring is 1. The number of hydrogen-bond donors (Lipinski definition) is 2. The van der Waals surface area contributed by atoms with Crippen LogP contribution < -0.4 is 16.0 Å². The Kier molecular flexibility index (Phi) is 6.95. The number of fused-ring (bicyclic) bond motifs is 1. The molecule has 30 heavy (non-hydrogen) atoms. The molecular formula is C23H28N6O. The zero-order chi connectivity index (χ0) is 21.5. The molecule has 0 bridgehead atoms. The van der Waals surface area contributed by atoms with Crippen LogP contribution in [-0.4, -0.2) is 27.9 Å². The molecule has 1 amide bonds. The molecule has 156 valence electrons. The summed E-state index contributed by atoms with van der Waals surface area (Å²) in [7, 11) is 0. The lowest BCUT2D eigenvalue weighted by atomic mass is 10.0. The number of carbonyl (C=O) groups excluding carboxylic acids is 1. The number of amides is 1. The van der Waals surface area contributed by atoms with Crippen LogP contribution >= 0.6 is 0 Å². The van der Waals surface area contributed by atoms with Gasteiger partial charge in [0.15, 0.2) is 0 Å². The van der Waals surface area contributed by atoms with E-state index in [2.05, 4.69) is 45.1 Å². The Labute approximate surface area is 177 Å². The van der Waals surface area contributed by atoms with Gasteiger partial charge in [-0.3, -0.25) is 9.78 Å². The van der Waals surface area contributed by atoms with Gasteiger partial charge in [0.05, 0.1) is 5.69 Å². The molecule has 0 saturated heterocycles. The number of nitrogens with one attached hydrogen (secondary N) is 1. The van der Waals surface area contributed by atoms with E-state index in [1.807, 2.05) is 49.6 Å². The number of carbonyl (C=O) groups is 1. The average molecular weight is 405 g/mol. The number of aryl methyl sites for hydroxylation is 1. The van der Waals surface area contributed by atoms with Crippen LogP contribution in [0.1, 0.15) is 42.3 Å². The van der Waals surface area contributed by atoms with Crippen molar-refractivity contribution >= 4 is 23.7 Å². The molecule has 0 aliphatic carbocycles. The molecule has 7 nitrogen and oxygen atoms in total. The van der Waals surface area contributed by atoms with E-state index in [4.69, 9.17) is 5.73 Å². The summed E-state index contributed by atoms with van der Waals surface area (Å²) >= 11 is 0. The van der Waals surface area contributed by atoms with Crippen molar-refractivity contribution < 1.29 is 4.79 Å². The Morgan fingerprint density at radius 2 is 1.93 bits per heavy atom. The number of nitrogens with zero attached hydrogens (tertiary/aromatic N) is 4. The molecule has 4 rings (SSSR count). The molecule has 1 aromatic carbocycles. The fourth-order valence-electron chi connectivity index (χ4n) is 3.31. The monoisotopic (exact) mass is 404 g/mol. The second kappa shape index (κ2) is 9.82. The highest BCUT2D eigenvalue weighted by Crippen LogP contribution is 2.23. The third-order valence-electron chi connectivity index (χ3n) is 5.00. The van der Waals surface area contributed by atoms with Gasteiger partial charge in [-0.05, 0) is 42.7 Å². The second-order valence-electron chi connectivity index (χ2n) is 7.57. The highest BCUT2D eigenvalue weighted by molar-refractivity contribution is 5.71. The highest BCUT2D eigenvalue weighted by atomic mass is 16.1. The lowest BCUT2D eigenvalue weighted by Gasteiger charge is -2.29. The molecule has 3 N–H and O–H groups in total. The maximum absolute atomic E-state index is 10.1. The molecule has 7 heteroatoms. The first-order valence-corrected chi connectivity index (χ1v) is 10.0. The quantitative estimate of drug-likeness (QED) is 0.644. The maximum Gasteiger partial charge on any atom is 0.220 e. The zero-order valence-electron chi connectivity index (χ0n) is 17.7. The molecule has 3 aromatic rings. The summed E-state index contributed by atoms with van der Waals surface area (Å²) in [4.78, 5) is 25.0. The SMILES string of the molecule is CC(C)c1ccc(NC=O)cc1.Cc1cc(N2CCc3nc(N)ncc3C2)ccn1. The molecule has 0 fully saturated rings. The topological polar surface area (TPSA) is 97.0 Å². The number of nitrogens with two attached hydrogens (primary N) is 1. The number of hydrogen-bond acceptors (Lipinski definition) is 6. The molecule has 0 unspecified atom stereocenters. The standard InChI is InChI=1S/C13H15N5.C10H13NO/c1-9-6-11(2-4-15-9)18-5-3-12-10(8-18)7-16-13(14)17-12;1-8(2)9-3-5-10(6-4-9)11-7-12/h2,4,6-7H,3,5,8H2,1H3,(H2,14,16,17);3-8H,1-2H3,(H,11,12). The molecule has 0 saturated carbocycles. The molecule has 0 radical (unpaired) electrons. The molecule has 2 aromatic heterocycles. The largest absolute Gasteiger partial charge is 0.368 e. The molecule has 1 aliphatic heterocycles. The first-order valence-electron chi connectivity index (χ1n) is 10.0. The van der Waals surface area contributed by atoms with Crippen LogP contribution in [0.4, 0.5) is 17.3 Å². The van der Waals surface area contributed by atoms with Crippen molar-refractivity contribution in [1.29, 1.82) is 0 Å². The summed E-state index contributed by atoms with van der Waals surface area (Å²) in [5.74, 6) is 0.900. The summed E-state index contributed by atoms with van der Waals surface area (Å²) < 4.78 is 0. The smallest absolute Gasteiger partial charge is 0.220 e. The molecule has 1 aliphatic rings. The van der Waals surface area contributed by atoms with E-state index in [1.165, 1.54) is 11.3 Å². The van der Waals surface area contributed by atoms with Gasteiger partial charge in [0, 0.05) is 54.5 Å². The van der Waals surface area contributed by atoms with E-state index in [0.717, 1.165) is 42.1 Å². The third kappa shape index (κ3) is 5.53. The number of anilines is 3. The van der Waals surface area contributed by atoms with Crippen molar-refractivity contribution in [3.8, 4) is 0 Å². The molecule has 0 spiro atoms. The number of rotatable bonds is 4. The first kappa shape index (κ1) is 21.2. The molecular weight excluding hydrogens is 376 g/mol. The first-order chi connectivity index (χ1) is 14.5. The van der Waals surface area contributed by atoms with Crippen LogP contribution in [0.25, 0.3) is 0 Å². The zero-order valence-corrected chi connectivity index (χ0v) is 17.7. The summed E-state index contributed by atoms with van der Waals surface area (Å²) in [6, 6.07) is 12.0. The number of benzene rings is 1. The normalized spacial score (nSPS) is 12.6. The Balaban J connectivity index is 0.000000187. The lowest BCUT2D eigenvalue weighted by Crippen LogP contribution is -2.31. The van der Waals surface area contributed by atoms with Crippen LogP contribution in [0.15, 0.2) is 48.8 Å². The van der Waals surface area contributed by atoms with Gasteiger partial charge in [-0.15, -0.1) is 0 Å². The molecule has 0 atom stereocenters. The highest BCUT2D eigenvalue weighted by Gasteiger charge is 2.18. The van der Waals surface area contributed by atoms with E-state index < -0.39 is 0 Å². The van der Waals surface area contributed by atoms with Gasteiger partial charge >= 0.3 is 0 Å². The lowest BCUT2D eigenvalue weighted by molar-refractivity contribution is -0.105. The van der Waals surface area contributed by atoms with E-state index >= 15 is 0 Å². The summed E-state index contributed by atoms with van der Waals surface area (Å²) in [5.41, 5.74) is 12.2. The van der Waals surface area contributed by atoms with Gasteiger partial charge in [0.25, 0.3) is 0 Å². The van der Waals surface area contributed by atoms with Gasteiger partial charge < -0.3 is 16.0 Å². The number of aromatic nitrogens is 3. The minimum Gasteiger partial charge on any atom is -0.368 e. The Morgan fingerprint density at radius 3 is 2.60 bits per heavy atom. The maximum atomic E-state index is 10.1. The van der Waals surface area contributed by atoms with Gasteiger partial charge in [-0.25, -0.2) is 9.97 Å².